The standard InChI is InChI=1S/C22H26FN5O/c1-16(2)20(13-27(3)12-17-7-5-4-6-8-17)26-22(29)18-9-10-21(19(23)11-18)28-15-24-14-25-28/h4-11,14-16,20H,12-13H2,1-3H3,(H,26,29)/t20-/m1/s1. The summed E-state index contributed by atoms with van der Waals surface area (Å²) >= 11 is 0. The Balaban J connectivity index is 1.65. The Labute approximate surface area is 170 Å². The van der Waals surface area contributed by atoms with Gasteiger partial charge in [0.25, 0.3) is 5.91 Å². The van der Waals surface area contributed by atoms with Gasteiger partial charge in [-0.2, -0.15) is 5.10 Å². The molecule has 2 aromatic carbocycles. The van der Waals surface area contributed by atoms with Gasteiger partial charge in [-0.05, 0) is 36.7 Å². The topological polar surface area (TPSA) is 63.1 Å². The molecule has 1 heterocycles. The van der Waals surface area contributed by atoms with Crippen molar-refractivity contribution in [3.8, 4) is 5.69 Å². The molecule has 152 valence electrons. The molecule has 0 unspecified atom stereocenters. The summed E-state index contributed by atoms with van der Waals surface area (Å²) in [6.07, 6.45) is 2.74. The summed E-state index contributed by atoms with van der Waals surface area (Å²) in [5, 5.41) is 6.97. The molecule has 0 bridgehead atoms. The van der Waals surface area contributed by atoms with Crippen LogP contribution in [-0.2, 0) is 6.54 Å². The predicted octanol–water partition coefficient (Wildman–Crippen LogP) is 3.29. The molecule has 0 aliphatic rings. The van der Waals surface area contributed by atoms with Gasteiger partial charge in [0.1, 0.15) is 24.2 Å². The molecule has 3 aromatic rings. The van der Waals surface area contributed by atoms with Gasteiger partial charge >= 0.3 is 0 Å². The molecule has 0 aliphatic heterocycles. The van der Waals surface area contributed by atoms with Gasteiger partial charge in [0, 0.05) is 24.7 Å². The molecule has 6 nitrogen and oxygen atoms in total. The van der Waals surface area contributed by atoms with Crippen LogP contribution in [0.4, 0.5) is 4.39 Å². The van der Waals surface area contributed by atoms with Crippen molar-refractivity contribution in [3.05, 3.63) is 78.1 Å². The van der Waals surface area contributed by atoms with Gasteiger partial charge < -0.3 is 10.2 Å². The van der Waals surface area contributed by atoms with Gasteiger partial charge in [0.15, 0.2) is 0 Å². The number of benzene rings is 2. The van der Waals surface area contributed by atoms with E-state index in [9.17, 15) is 9.18 Å². The normalized spacial score (nSPS) is 12.3. The lowest BCUT2D eigenvalue weighted by atomic mass is 10.0. The maximum Gasteiger partial charge on any atom is 0.251 e. The van der Waals surface area contributed by atoms with Gasteiger partial charge in [0.2, 0.25) is 0 Å². The molecule has 0 fully saturated rings. The van der Waals surface area contributed by atoms with E-state index < -0.39 is 5.82 Å². The number of aromatic nitrogens is 3. The second-order valence-electron chi connectivity index (χ2n) is 7.51. The summed E-state index contributed by atoms with van der Waals surface area (Å²) in [7, 11) is 2.03. The molecular formula is C22H26FN5O. The number of carbonyl (C=O) groups is 1. The van der Waals surface area contributed by atoms with Crippen LogP contribution in [0.2, 0.25) is 0 Å². The van der Waals surface area contributed by atoms with Crippen LogP contribution >= 0.6 is 0 Å². The quantitative estimate of drug-likeness (QED) is 0.636. The van der Waals surface area contributed by atoms with Crippen LogP contribution < -0.4 is 5.32 Å². The number of likely N-dealkylation sites (N-methyl/N-ethyl adjacent to an activating group) is 1. The van der Waals surface area contributed by atoms with Gasteiger partial charge in [0.05, 0.1) is 0 Å². The number of nitrogens with one attached hydrogen (secondary N) is 1. The zero-order valence-electron chi connectivity index (χ0n) is 16.9. The van der Waals surface area contributed by atoms with Crippen LogP contribution in [0.25, 0.3) is 5.69 Å². The highest BCUT2D eigenvalue weighted by molar-refractivity contribution is 5.94. The van der Waals surface area contributed by atoms with E-state index in [1.54, 1.807) is 6.07 Å². The molecule has 0 saturated carbocycles. The van der Waals surface area contributed by atoms with E-state index in [1.165, 1.54) is 35.0 Å². The van der Waals surface area contributed by atoms with E-state index in [0.717, 1.165) is 6.54 Å². The first-order chi connectivity index (χ1) is 13.9. The molecule has 3 rings (SSSR count). The molecule has 0 saturated heterocycles. The lowest BCUT2D eigenvalue weighted by Crippen LogP contribution is -2.45. The van der Waals surface area contributed by atoms with Crippen LogP contribution in [0.3, 0.4) is 0 Å². The van der Waals surface area contributed by atoms with Crippen LogP contribution in [0.5, 0.6) is 0 Å². The Morgan fingerprint density at radius 2 is 1.97 bits per heavy atom. The molecule has 1 aromatic heterocycles. The number of nitrogens with zero attached hydrogens (tertiary/aromatic N) is 4. The van der Waals surface area contributed by atoms with Crippen LogP contribution in [0.15, 0.2) is 61.2 Å². The third-order valence-corrected chi connectivity index (χ3v) is 4.80. The van der Waals surface area contributed by atoms with E-state index in [0.29, 0.717) is 6.54 Å². The van der Waals surface area contributed by atoms with Crippen LogP contribution in [0, 0.1) is 11.7 Å². The average molecular weight is 395 g/mol. The van der Waals surface area contributed by atoms with Crippen molar-refractivity contribution in [2.45, 2.75) is 26.4 Å². The van der Waals surface area contributed by atoms with Gasteiger partial charge in [-0.1, -0.05) is 44.2 Å². The molecule has 29 heavy (non-hydrogen) atoms. The SMILES string of the molecule is CC(C)[C@@H](CN(C)Cc1ccccc1)NC(=O)c1ccc(-n2cncn2)c(F)c1. The monoisotopic (exact) mass is 395 g/mol. The van der Waals surface area contributed by atoms with Crippen LogP contribution in [0.1, 0.15) is 29.8 Å². The minimum absolute atomic E-state index is 0.0609. The molecule has 0 spiro atoms. The largest absolute Gasteiger partial charge is 0.348 e. The van der Waals surface area contributed by atoms with Gasteiger partial charge in [-0.3, -0.25) is 4.79 Å². The number of hydrogen-bond donors (Lipinski definition) is 1. The molecule has 7 heteroatoms. The Morgan fingerprint density at radius 3 is 2.59 bits per heavy atom. The van der Waals surface area contributed by atoms with Crippen molar-refractivity contribution in [1.82, 2.24) is 25.0 Å². The van der Waals surface area contributed by atoms with Crippen molar-refractivity contribution in [3.63, 3.8) is 0 Å². The molecular weight excluding hydrogens is 369 g/mol. The minimum Gasteiger partial charge on any atom is -0.348 e. The van der Waals surface area contributed by atoms with E-state index in [2.05, 4.69) is 46.3 Å². The summed E-state index contributed by atoms with van der Waals surface area (Å²) in [6.45, 7) is 5.62. The second kappa shape index (κ2) is 9.43. The van der Waals surface area contributed by atoms with Crippen molar-refractivity contribution < 1.29 is 9.18 Å². The first-order valence-electron chi connectivity index (χ1n) is 9.62. The fourth-order valence-corrected chi connectivity index (χ4v) is 3.14. The van der Waals surface area contributed by atoms with E-state index in [4.69, 9.17) is 0 Å². The Bertz CT molecular complexity index is 928. The Kier molecular flexibility index (Phi) is 6.72. The zero-order valence-corrected chi connectivity index (χ0v) is 16.9. The van der Waals surface area contributed by atoms with Crippen molar-refractivity contribution >= 4 is 5.91 Å². The molecule has 0 radical (unpaired) electrons. The van der Waals surface area contributed by atoms with E-state index in [-0.39, 0.29) is 29.1 Å². The second-order valence-corrected chi connectivity index (χ2v) is 7.51. The number of halogens is 1. The summed E-state index contributed by atoms with van der Waals surface area (Å²) in [5.41, 5.74) is 1.75. The maximum atomic E-state index is 14.4. The Morgan fingerprint density at radius 1 is 1.21 bits per heavy atom. The predicted molar refractivity (Wildman–Crippen MR) is 110 cm³/mol. The lowest BCUT2D eigenvalue weighted by molar-refractivity contribution is 0.0911. The van der Waals surface area contributed by atoms with E-state index in [1.807, 2.05) is 25.2 Å². The lowest BCUT2D eigenvalue weighted by Gasteiger charge is -2.28. The third-order valence-electron chi connectivity index (χ3n) is 4.80. The highest BCUT2D eigenvalue weighted by Gasteiger charge is 2.20. The summed E-state index contributed by atoms with van der Waals surface area (Å²) in [5.74, 6) is -0.581. The number of amides is 1. The molecule has 0 aliphatic carbocycles. The first-order valence-corrected chi connectivity index (χ1v) is 9.62. The maximum absolute atomic E-state index is 14.4. The molecule has 1 amide bonds. The van der Waals surface area contributed by atoms with Gasteiger partial charge in [-0.25, -0.2) is 14.1 Å². The van der Waals surface area contributed by atoms with Crippen molar-refractivity contribution in [1.29, 1.82) is 0 Å². The smallest absolute Gasteiger partial charge is 0.251 e. The summed E-state index contributed by atoms with van der Waals surface area (Å²) in [4.78, 5) is 18.7. The average Bonchev–Trinajstić information content (AvgIpc) is 3.22. The van der Waals surface area contributed by atoms with Crippen molar-refractivity contribution in [2.24, 2.45) is 5.92 Å². The highest BCUT2D eigenvalue weighted by atomic mass is 19.1. The van der Waals surface area contributed by atoms with Gasteiger partial charge in [-0.15, -0.1) is 0 Å². The van der Waals surface area contributed by atoms with E-state index >= 15 is 0 Å². The zero-order chi connectivity index (χ0) is 20.8. The number of carbonyl (C=O) groups excluding carboxylic acids is 1. The number of hydrogen-bond acceptors (Lipinski definition) is 4. The molecule has 1 atom stereocenters. The van der Waals surface area contributed by atoms with Crippen molar-refractivity contribution in [2.75, 3.05) is 13.6 Å². The fourth-order valence-electron chi connectivity index (χ4n) is 3.14. The van der Waals surface area contributed by atoms with Crippen LogP contribution in [-0.4, -0.2) is 45.2 Å². The summed E-state index contributed by atoms with van der Waals surface area (Å²) in [6, 6.07) is 14.5. The Hall–Kier alpha value is -3.06. The minimum atomic E-state index is -0.523. The summed E-state index contributed by atoms with van der Waals surface area (Å²) < 4.78 is 15.8. The molecule has 1 N–H and O–H groups in total. The first kappa shape index (κ1) is 20.7. The number of rotatable bonds is 8. The highest BCUT2D eigenvalue weighted by Crippen LogP contribution is 2.15. The fraction of sp³-hybridized carbons (Fsp3) is 0.318. The third kappa shape index (κ3) is 5.48.